The smallest absolute Gasteiger partial charge is 0.337 e. The quantitative estimate of drug-likeness (QED) is 0.694. The summed E-state index contributed by atoms with van der Waals surface area (Å²) < 4.78 is 0. The van der Waals surface area contributed by atoms with Gasteiger partial charge in [0.2, 0.25) is 0 Å². The first-order chi connectivity index (χ1) is 5.13. The summed E-state index contributed by atoms with van der Waals surface area (Å²) in [5, 5.41) is 8.82. The van der Waals surface area contributed by atoms with Gasteiger partial charge in [-0.25, -0.2) is 4.79 Å². The van der Waals surface area contributed by atoms with Crippen molar-refractivity contribution in [2.75, 3.05) is 5.73 Å². The number of carbonyl (C=O) groups is 1. The van der Waals surface area contributed by atoms with E-state index in [2.05, 4.69) is 0 Å². The maximum Gasteiger partial charge on any atom is 0.337 e. The lowest BCUT2D eigenvalue weighted by Gasteiger charge is -2.00. The number of nitrogens with two attached hydrogens (primary N) is 1. The van der Waals surface area contributed by atoms with E-state index >= 15 is 0 Å². The van der Waals surface area contributed by atoms with Crippen LogP contribution in [0.4, 0.5) is 5.69 Å². The minimum absolute atomic E-state index is 0. The van der Waals surface area contributed by atoms with Crippen molar-refractivity contribution in [3.8, 4) is 0 Å². The molecule has 0 amide bonds. The van der Waals surface area contributed by atoms with E-state index in [4.69, 9.17) is 22.4 Å². The average Bonchev–Trinajstić information content (AvgIpc) is 1.94. The molecule has 3 N–H and O–H groups in total. The molecule has 12 heavy (non-hydrogen) atoms. The second-order valence-corrected chi connectivity index (χ2v) is 2.41. The van der Waals surface area contributed by atoms with Crippen LogP contribution < -0.4 is 5.73 Å². The third-order valence-corrected chi connectivity index (χ3v) is 1.61. The molecule has 0 aliphatic heterocycles. The Kier molecular flexibility index (Phi) is 3.86. The molecule has 3 nitrogen and oxygen atoms in total. The first-order valence-corrected chi connectivity index (χ1v) is 3.28. The summed E-state index contributed by atoms with van der Waals surface area (Å²) in [5.74, 6) is -1.06. The van der Waals surface area contributed by atoms with Gasteiger partial charge >= 0.3 is 5.97 Å². The van der Waals surface area contributed by atoms with Crippen molar-refractivity contribution in [3.63, 3.8) is 0 Å². The van der Waals surface area contributed by atoms with E-state index in [1.807, 2.05) is 0 Å². The van der Waals surface area contributed by atoms with Gasteiger partial charge in [-0.2, -0.15) is 0 Å². The normalized spacial score (nSPS) is 8.75. The molecule has 0 aliphatic carbocycles. The number of anilines is 1. The number of carboxylic acids is 1. The largest absolute Gasteiger partial charge is 0.478 e. The molecule has 1 aromatic rings. The third-order valence-electron chi connectivity index (χ3n) is 1.28. The molecule has 1 aromatic carbocycles. The lowest BCUT2D eigenvalue weighted by Crippen LogP contribution is -2.01. The molecule has 0 atom stereocenters. The second kappa shape index (κ2) is 4.18. The van der Waals surface area contributed by atoms with Gasteiger partial charge in [0.1, 0.15) is 0 Å². The summed E-state index contributed by atoms with van der Waals surface area (Å²) >= 11 is 5.57. The van der Waals surface area contributed by atoms with Gasteiger partial charge in [-0.15, -0.1) is 12.4 Å². The Hall–Kier alpha value is -0.930. The Balaban J connectivity index is 0.00000121. The summed E-state index contributed by atoms with van der Waals surface area (Å²) in [5.41, 5.74) is 5.52. The minimum atomic E-state index is -1.06. The Morgan fingerprint density at radius 2 is 2.08 bits per heavy atom. The number of para-hydroxylation sites is 1. The zero-order valence-corrected chi connectivity index (χ0v) is 7.52. The van der Waals surface area contributed by atoms with Gasteiger partial charge in [0.15, 0.2) is 0 Å². The zero-order chi connectivity index (χ0) is 8.43. The molecule has 0 fully saturated rings. The highest BCUT2D eigenvalue weighted by Gasteiger charge is 2.08. The lowest BCUT2D eigenvalue weighted by molar-refractivity contribution is 0.0698. The maximum atomic E-state index is 10.4. The molecule has 0 unspecified atom stereocenters. The van der Waals surface area contributed by atoms with Crippen molar-refractivity contribution >= 4 is 35.7 Å². The van der Waals surface area contributed by atoms with E-state index in [9.17, 15) is 4.79 Å². The summed E-state index contributed by atoms with van der Waals surface area (Å²) in [4.78, 5) is 10.4. The summed E-state index contributed by atoms with van der Waals surface area (Å²) in [6, 6.07) is 4.50. The van der Waals surface area contributed by atoms with E-state index in [1.165, 1.54) is 6.07 Å². The number of hydrogen-bond donors (Lipinski definition) is 2. The molecule has 0 saturated carbocycles. The minimum Gasteiger partial charge on any atom is -0.478 e. The third kappa shape index (κ3) is 2.03. The van der Waals surface area contributed by atoms with Crippen LogP contribution in [0.15, 0.2) is 18.2 Å². The van der Waals surface area contributed by atoms with Crippen LogP contribution in [-0.2, 0) is 0 Å². The van der Waals surface area contributed by atoms with E-state index in [-0.39, 0.29) is 28.7 Å². The Labute approximate surface area is 80.5 Å². The Morgan fingerprint density at radius 1 is 1.50 bits per heavy atom. The number of rotatable bonds is 1. The van der Waals surface area contributed by atoms with Crippen LogP contribution in [0, 0.1) is 0 Å². The van der Waals surface area contributed by atoms with Gasteiger partial charge in [0.25, 0.3) is 0 Å². The second-order valence-electron chi connectivity index (χ2n) is 2.01. The molecule has 0 aliphatic rings. The molecule has 0 spiro atoms. The Bertz CT molecular complexity index is 301. The predicted octanol–water partition coefficient (Wildman–Crippen LogP) is 2.04. The maximum absolute atomic E-state index is 10.4. The fraction of sp³-hybridized carbons (Fsp3) is 0. The number of carboxylic acid groups (broad SMARTS) is 1. The first-order valence-electron chi connectivity index (χ1n) is 2.90. The van der Waals surface area contributed by atoms with E-state index in [0.29, 0.717) is 0 Å². The van der Waals surface area contributed by atoms with Crippen molar-refractivity contribution in [2.45, 2.75) is 0 Å². The van der Waals surface area contributed by atoms with Crippen LogP contribution in [0.3, 0.4) is 0 Å². The molecule has 0 bridgehead atoms. The van der Waals surface area contributed by atoms with Gasteiger partial charge in [0.05, 0.1) is 16.3 Å². The fourth-order valence-corrected chi connectivity index (χ4v) is 0.898. The number of hydrogen-bond acceptors (Lipinski definition) is 2. The summed E-state index contributed by atoms with van der Waals surface area (Å²) in [6.45, 7) is 0. The topological polar surface area (TPSA) is 63.3 Å². The van der Waals surface area contributed by atoms with E-state index in [1.54, 1.807) is 12.1 Å². The molecule has 1 rings (SSSR count). The number of benzene rings is 1. The number of nitrogen functional groups attached to an aromatic ring is 1. The van der Waals surface area contributed by atoms with Crippen molar-refractivity contribution in [3.05, 3.63) is 28.8 Å². The van der Waals surface area contributed by atoms with Crippen molar-refractivity contribution < 1.29 is 9.90 Å². The van der Waals surface area contributed by atoms with E-state index in [0.717, 1.165) is 0 Å². The molecule has 0 aromatic heterocycles. The fourth-order valence-electron chi connectivity index (χ4n) is 0.724. The van der Waals surface area contributed by atoms with Crippen LogP contribution in [-0.4, -0.2) is 11.1 Å². The van der Waals surface area contributed by atoms with E-state index < -0.39 is 5.97 Å². The molecular formula is C7H7Cl2NO2. The van der Waals surface area contributed by atoms with Crippen LogP contribution in [0.5, 0.6) is 0 Å². The molecular weight excluding hydrogens is 201 g/mol. The number of halogens is 2. The first kappa shape index (κ1) is 11.1. The standard InChI is InChI=1S/C7H6ClNO2.ClH/c8-5-3-1-2-4(6(5)9)7(10)11;/h1-3H,9H2,(H,10,11);1H. The molecule has 0 radical (unpaired) electrons. The summed E-state index contributed by atoms with van der Waals surface area (Å²) in [7, 11) is 0. The van der Waals surface area contributed by atoms with Gasteiger partial charge in [0, 0.05) is 0 Å². The van der Waals surface area contributed by atoms with Gasteiger partial charge in [-0.1, -0.05) is 17.7 Å². The highest BCUT2D eigenvalue weighted by atomic mass is 35.5. The van der Waals surface area contributed by atoms with Crippen LogP contribution >= 0.6 is 24.0 Å². The number of aromatic carboxylic acids is 1. The highest BCUT2D eigenvalue weighted by molar-refractivity contribution is 6.33. The SMILES string of the molecule is Cl.Nc1c(Cl)cccc1C(=O)O. The van der Waals surface area contributed by atoms with Crippen LogP contribution in [0.1, 0.15) is 10.4 Å². The molecule has 0 heterocycles. The Morgan fingerprint density at radius 3 is 2.50 bits per heavy atom. The predicted molar refractivity (Wildman–Crippen MR) is 50.1 cm³/mol. The van der Waals surface area contributed by atoms with Crippen molar-refractivity contribution in [2.24, 2.45) is 0 Å². The van der Waals surface area contributed by atoms with Crippen LogP contribution in [0.25, 0.3) is 0 Å². The van der Waals surface area contributed by atoms with Gasteiger partial charge in [-0.3, -0.25) is 0 Å². The lowest BCUT2D eigenvalue weighted by atomic mass is 10.2. The van der Waals surface area contributed by atoms with Crippen molar-refractivity contribution in [1.82, 2.24) is 0 Å². The molecule has 0 saturated heterocycles. The average molecular weight is 208 g/mol. The monoisotopic (exact) mass is 207 g/mol. The van der Waals surface area contributed by atoms with Crippen LogP contribution in [0.2, 0.25) is 5.02 Å². The zero-order valence-electron chi connectivity index (χ0n) is 5.95. The van der Waals surface area contributed by atoms with Crippen molar-refractivity contribution in [1.29, 1.82) is 0 Å². The molecule has 5 heteroatoms. The summed E-state index contributed by atoms with van der Waals surface area (Å²) in [6.07, 6.45) is 0. The highest BCUT2D eigenvalue weighted by Crippen LogP contribution is 2.21. The van der Waals surface area contributed by atoms with Gasteiger partial charge in [-0.05, 0) is 12.1 Å². The van der Waals surface area contributed by atoms with Gasteiger partial charge < -0.3 is 10.8 Å². The molecule has 66 valence electrons.